The van der Waals surface area contributed by atoms with Gasteiger partial charge in [0, 0.05) is 34.0 Å². The summed E-state index contributed by atoms with van der Waals surface area (Å²) >= 11 is 2.21. The van der Waals surface area contributed by atoms with Crippen LogP contribution in [0, 0.1) is 13.7 Å². The van der Waals surface area contributed by atoms with Gasteiger partial charge in [-0.2, -0.15) is 5.10 Å². The fourth-order valence-corrected chi connectivity index (χ4v) is 3.17. The molecule has 0 atom stereocenters. The number of hydrogen-bond donors (Lipinski definition) is 2. The SMILES string of the molecule is O=C(CNc1ccc(I)cc1)N/N=C\c1ccc(N2CCOCC2)c([N+](=O)[O-])c1. The predicted octanol–water partition coefficient (Wildman–Crippen LogP) is 2.60. The standard InChI is InChI=1S/C19H20IN5O4/c20-15-2-4-16(5-3-15)21-13-19(26)23-22-12-14-1-6-17(18(11-14)25(27)28)24-7-9-29-10-8-24/h1-6,11-12,21H,7-10,13H2,(H,23,26)/b22-12-. The summed E-state index contributed by atoms with van der Waals surface area (Å²) in [6.07, 6.45) is 1.39. The summed E-state index contributed by atoms with van der Waals surface area (Å²) in [5.41, 5.74) is 4.33. The van der Waals surface area contributed by atoms with E-state index in [-0.39, 0.29) is 18.1 Å². The van der Waals surface area contributed by atoms with Gasteiger partial charge in [-0.1, -0.05) is 6.07 Å². The quantitative estimate of drug-likeness (QED) is 0.257. The highest BCUT2D eigenvalue weighted by Crippen LogP contribution is 2.29. The van der Waals surface area contributed by atoms with Gasteiger partial charge in [-0.25, -0.2) is 5.43 Å². The van der Waals surface area contributed by atoms with E-state index in [2.05, 4.69) is 38.4 Å². The van der Waals surface area contributed by atoms with E-state index in [0.717, 1.165) is 9.26 Å². The summed E-state index contributed by atoms with van der Waals surface area (Å²) in [6, 6.07) is 12.5. The number of halogens is 1. The maximum absolute atomic E-state index is 11.9. The highest BCUT2D eigenvalue weighted by Gasteiger charge is 2.21. The molecule has 1 heterocycles. The fourth-order valence-electron chi connectivity index (χ4n) is 2.81. The third-order valence-electron chi connectivity index (χ3n) is 4.25. The number of carbonyl (C=O) groups excluding carboxylic acids is 1. The van der Waals surface area contributed by atoms with E-state index in [1.54, 1.807) is 12.1 Å². The Morgan fingerprint density at radius 1 is 1.24 bits per heavy atom. The minimum atomic E-state index is -0.411. The van der Waals surface area contributed by atoms with Gasteiger partial charge in [0.2, 0.25) is 0 Å². The number of morpholine rings is 1. The lowest BCUT2D eigenvalue weighted by Gasteiger charge is -2.28. The largest absolute Gasteiger partial charge is 0.378 e. The molecule has 10 heteroatoms. The van der Waals surface area contributed by atoms with Gasteiger partial charge >= 0.3 is 0 Å². The number of ether oxygens (including phenoxy) is 1. The lowest BCUT2D eigenvalue weighted by Crippen LogP contribution is -2.36. The molecule has 0 aromatic heterocycles. The van der Waals surface area contributed by atoms with Gasteiger partial charge in [-0.15, -0.1) is 0 Å². The molecule has 2 N–H and O–H groups in total. The second-order valence-electron chi connectivity index (χ2n) is 6.26. The number of rotatable bonds is 7. The van der Waals surface area contributed by atoms with Crippen LogP contribution in [0.3, 0.4) is 0 Å². The number of anilines is 2. The third kappa shape index (κ3) is 6.12. The number of hydrogen-bond acceptors (Lipinski definition) is 7. The Hall–Kier alpha value is -2.73. The molecule has 0 spiro atoms. The van der Waals surface area contributed by atoms with Crippen LogP contribution in [0.25, 0.3) is 0 Å². The zero-order chi connectivity index (χ0) is 20.6. The molecule has 152 valence electrons. The Bertz CT molecular complexity index is 898. The van der Waals surface area contributed by atoms with Crippen LogP contribution in [0.15, 0.2) is 47.6 Å². The summed E-state index contributed by atoms with van der Waals surface area (Å²) in [4.78, 5) is 24.9. The van der Waals surface area contributed by atoms with Gasteiger partial charge in [0.15, 0.2) is 0 Å². The summed E-state index contributed by atoms with van der Waals surface area (Å²) in [5, 5.41) is 18.3. The van der Waals surface area contributed by atoms with Crippen LogP contribution < -0.4 is 15.6 Å². The van der Waals surface area contributed by atoms with Crippen molar-refractivity contribution in [3.8, 4) is 0 Å². The van der Waals surface area contributed by atoms with E-state index in [4.69, 9.17) is 4.74 Å². The number of nitro groups is 1. The molecule has 0 unspecified atom stereocenters. The van der Waals surface area contributed by atoms with Crippen molar-refractivity contribution in [3.63, 3.8) is 0 Å². The van der Waals surface area contributed by atoms with Gasteiger partial charge in [0.05, 0.1) is 30.9 Å². The van der Waals surface area contributed by atoms with Crippen molar-refractivity contribution >= 4 is 51.8 Å². The number of amides is 1. The molecule has 3 rings (SSSR count). The molecular formula is C19H20IN5O4. The van der Waals surface area contributed by atoms with Crippen LogP contribution in [-0.2, 0) is 9.53 Å². The van der Waals surface area contributed by atoms with Gasteiger partial charge in [0.25, 0.3) is 11.6 Å². The number of carbonyl (C=O) groups is 1. The predicted molar refractivity (Wildman–Crippen MR) is 120 cm³/mol. The average Bonchev–Trinajstić information content (AvgIpc) is 2.74. The van der Waals surface area contributed by atoms with Crippen LogP contribution in [0.2, 0.25) is 0 Å². The van der Waals surface area contributed by atoms with Crippen LogP contribution in [0.1, 0.15) is 5.56 Å². The lowest BCUT2D eigenvalue weighted by atomic mass is 10.1. The van der Waals surface area contributed by atoms with Gasteiger partial charge < -0.3 is 15.0 Å². The van der Waals surface area contributed by atoms with E-state index in [9.17, 15) is 14.9 Å². The molecule has 1 fully saturated rings. The van der Waals surface area contributed by atoms with Crippen LogP contribution in [0.5, 0.6) is 0 Å². The van der Waals surface area contributed by atoms with Crippen molar-refractivity contribution in [1.82, 2.24) is 5.43 Å². The van der Waals surface area contributed by atoms with Crippen LogP contribution in [-0.4, -0.2) is 49.9 Å². The normalized spacial score (nSPS) is 14.0. The Morgan fingerprint density at radius 3 is 2.66 bits per heavy atom. The monoisotopic (exact) mass is 509 g/mol. The molecule has 1 aliphatic heterocycles. The minimum Gasteiger partial charge on any atom is -0.378 e. The molecule has 0 bridgehead atoms. The maximum atomic E-state index is 11.9. The number of nitro benzene ring substituents is 1. The molecule has 0 radical (unpaired) electrons. The Kier molecular flexibility index (Phi) is 7.36. The lowest BCUT2D eigenvalue weighted by molar-refractivity contribution is -0.384. The van der Waals surface area contributed by atoms with Crippen molar-refractivity contribution < 1.29 is 14.5 Å². The molecule has 2 aromatic carbocycles. The molecular weight excluding hydrogens is 489 g/mol. The van der Waals surface area contributed by atoms with Crippen LogP contribution >= 0.6 is 22.6 Å². The summed E-state index contributed by atoms with van der Waals surface area (Å²) < 4.78 is 6.40. The summed E-state index contributed by atoms with van der Waals surface area (Å²) in [7, 11) is 0. The molecule has 9 nitrogen and oxygen atoms in total. The number of hydrazone groups is 1. The highest BCUT2D eigenvalue weighted by molar-refractivity contribution is 14.1. The molecule has 1 saturated heterocycles. The average molecular weight is 509 g/mol. The molecule has 1 amide bonds. The maximum Gasteiger partial charge on any atom is 0.293 e. The topological polar surface area (TPSA) is 109 Å². The van der Waals surface area contributed by atoms with Gasteiger partial charge in [-0.3, -0.25) is 14.9 Å². The number of nitrogens with one attached hydrogen (secondary N) is 2. The van der Waals surface area contributed by atoms with Gasteiger partial charge in [-0.05, 0) is 52.9 Å². The van der Waals surface area contributed by atoms with Crippen molar-refractivity contribution in [3.05, 3.63) is 61.7 Å². The first-order chi connectivity index (χ1) is 14.0. The van der Waals surface area contributed by atoms with Crippen LogP contribution in [0.4, 0.5) is 17.1 Å². The fraction of sp³-hybridized carbons (Fsp3) is 0.263. The second-order valence-corrected chi connectivity index (χ2v) is 7.50. The molecule has 0 saturated carbocycles. The highest BCUT2D eigenvalue weighted by atomic mass is 127. The van der Waals surface area contributed by atoms with E-state index in [0.29, 0.717) is 37.6 Å². The van der Waals surface area contributed by atoms with Crippen molar-refractivity contribution in [2.24, 2.45) is 5.10 Å². The van der Waals surface area contributed by atoms with Crippen molar-refractivity contribution in [1.29, 1.82) is 0 Å². The van der Waals surface area contributed by atoms with E-state index in [1.165, 1.54) is 12.3 Å². The number of benzene rings is 2. The molecule has 29 heavy (non-hydrogen) atoms. The Morgan fingerprint density at radius 2 is 1.97 bits per heavy atom. The first-order valence-electron chi connectivity index (χ1n) is 8.95. The van der Waals surface area contributed by atoms with E-state index in [1.807, 2.05) is 29.2 Å². The first-order valence-corrected chi connectivity index (χ1v) is 10.0. The Balaban J connectivity index is 1.58. The van der Waals surface area contributed by atoms with Gasteiger partial charge in [0.1, 0.15) is 5.69 Å². The van der Waals surface area contributed by atoms with E-state index >= 15 is 0 Å². The smallest absolute Gasteiger partial charge is 0.293 e. The number of nitrogens with zero attached hydrogens (tertiary/aromatic N) is 3. The molecule has 1 aliphatic rings. The van der Waals surface area contributed by atoms with Crippen molar-refractivity contribution in [2.45, 2.75) is 0 Å². The second kappa shape index (κ2) is 10.2. The summed E-state index contributed by atoms with van der Waals surface area (Å²) in [6.45, 7) is 2.37. The zero-order valence-corrected chi connectivity index (χ0v) is 17.7. The third-order valence-corrected chi connectivity index (χ3v) is 4.97. The zero-order valence-electron chi connectivity index (χ0n) is 15.5. The summed E-state index contributed by atoms with van der Waals surface area (Å²) in [5.74, 6) is -0.320. The van der Waals surface area contributed by atoms with Crippen molar-refractivity contribution in [2.75, 3.05) is 43.1 Å². The molecule has 0 aliphatic carbocycles. The Labute approximate surface area is 181 Å². The minimum absolute atomic E-state index is 0.00236. The first kappa shape index (κ1) is 21.0. The van der Waals surface area contributed by atoms with E-state index < -0.39 is 4.92 Å². The molecule has 2 aromatic rings.